The number of carbonyl (C=O) groups excluding carboxylic acids is 1. The molecule has 2 aromatic carbocycles. The third kappa shape index (κ3) is 8.70. The second kappa shape index (κ2) is 14.1. The molecule has 8 nitrogen and oxygen atoms in total. The van der Waals surface area contributed by atoms with E-state index in [2.05, 4.69) is 27.9 Å². The van der Waals surface area contributed by atoms with Gasteiger partial charge in [0.2, 0.25) is 6.41 Å². The molecule has 0 radical (unpaired) electrons. The number of amides is 1. The van der Waals surface area contributed by atoms with Crippen LogP contribution in [0.4, 0.5) is 21.5 Å². The first-order valence-electron chi connectivity index (χ1n) is 11.4. The van der Waals surface area contributed by atoms with Gasteiger partial charge in [-0.05, 0) is 50.5 Å². The van der Waals surface area contributed by atoms with E-state index >= 15 is 0 Å². The first kappa shape index (κ1) is 27.8. The summed E-state index contributed by atoms with van der Waals surface area (Å²) in [6, 6.07) is 10.9. The summed E-state index contributed by atoms with van der Waals surface area (Å²) < 4.78 is 31.0. The summed E-state index contributed by atoms with van der Waals surface area (Å²) in [7, 11) is 3.37. The molecule has 0 heterocycles. The highest BCUT2D eigenvalue weighted by molar-refractivity contribution is 5.83. The lowest BCUT2D eigenvalue weighted by molar-refractivity contribution is -0.106. The summed E-state index contributed by atoms with van der Waals surface area (Å²) in [5.74, 6) is -0.0583. The van der Waals surface area contributed by atoms with Crippen LogP contribution in [-0.2, 0) is 14.3 Å². The Labute approximate surface area is 206 Å². The Bertz CT molecular complexity index is 992. The zero-order valence-corrected chi connectivity index (χ0v) is 20.6. The molecule has 0 atom stereocenters. The number of carbonyl (C=O) groups is 1. The maximum Gasteiger partial charge on any atom is 0.204 e. The second-order valence-electron chi connectivity index (χ2n) is 7.91. The van der Waals surface area contributed by atoms with Crippen LogP contribution < -0.4 is 21.1 Å². The Balaban J connectivity index is 0.00000137. The standard InChI is InChI=1S/C25H32FN3O3.CH3NO/c1-5-27-23-17-21(32-15-14-30-3)16-22(26)24(23)18(2)29-20-8-6-19(7-9-20)28-13-12-25(31-4)10-11-25;2-1-3/h5-9,16-17,28-29H,2,10-15H2,1,3-4H3;1H,(H2,2,3). The molecule has 0 unspecified atom stereocenters. The van der Waals surface area contributed by atoms with Gasteiger partial charge in [0.05, 0.1) is 23.5 Å². The van der Waals surface area contributed by atoms with E-state index in [4.69, 9.17) is 19.0 Å². The van der Waals surface area contributed by atoms with Crippen LogP contribution in [0.1, 0.15) is 31.7 Å². The molecule has 1 fully saturated rings. The van der Waals surface area contributed by atoms with Crippen LogP contribution in [0.25, 0.3) is 5.70 Å². The number of ether oxygens (including phenoxy) is 3. The fourth-order valence-corrected chi connectivity index (χ4v) is 3.47. The minimum atomic E-state index is -0.455. The molecule has 1 amide bonds. The number of primary amides is 1. The molecule has 4 N–H and O–H groups in total. The maximum absolute atomic E-state index is 14.9. The monoisotopic (exact) mass is 486 g/mol. The van der Waals surface area contributed by atoms with Crippen LogP contribution in [0, 0.1) is 5.82 Å². The molecule has 0 saturated heterocycles. The molecule has 0 bridgehead atoms. The molecule has 35 heavy (non-hydrogen) atoms. The number of aliphatic imine (C=N–C) groups is 1. The highest BCUT2D eigenvalue weighted by Crippen LogP contribution is 2.41. The third-order valence-corrected chi connectivity index (χ3v) is 5.50. The lowest BCUT2D eigenvalue weighted by atomic mass is 10.1. The molecule has 190 valence electrons. The predicted molar refractivity (Wildman–Crippen MR) is 139 cm³/mol. The molecule has 3 rings (SSSR count). The fraction of sp³-hybridized carbons (Fsp3) is 0.385. The normalized spacial score (nSPS) is 13.5. The van der Waals surface area contributed by atoms with Crippen LogP contribution in [0.3, 0.4) is 0 Å². The van der Waals surface area contributed by atoms with Crippen molar-refractivity contribution in [3.8, 4) is 5.75 Å². The Morgan fingerprint density at radius 3 is 2.43 bits per heavy atom. The molecule has 0 spiro atoms. The summed E-state index contributed by atoms with van der Waals surface area (Å²) in [6.45, 7) is 7.41. The van der Waals surface area contributed by atoms with Crippen LogP contribution in [0.5, 0.6) is 5.75 Å². The van der Waals surface area contributed by atoms with Crippen molar-refractivity contribution in [2.45, 2.75) is 31.8 Å². The smallest absolute Gasteiger partial charge is 0.204 e. The number of nitrogens with one attached hydrogen (secondary N) is 2. The maximum atomic E-state index is 14.9. The number of halogens is 1. The Hall–Kier alpha value is -3.43. The third-order valence-electron chi connectivity index (χ3n) is 5.50. The summed E-state index contributed by atoms with van der Waals surface area (Å²) in [6.07, 6.45) is 5.12. The van der Waals surface area contributed by atoms with E-state index in [1.165, 1.54) is 6.07 Å². The van der Waals surface area contributed by atoms with Gasteiger partial charge in [-0.3, -0.25) is 9.79 Å². The molecule has 1 aliphatic carbocycles. The summed E-state index contributed by atoms with van der Waals surface area (Å²) in [5.41, 5.74) is 7.25. The number of methoxy groups -OCH3 is 2. The minimum absolute atomic E-state index is 0.0827. The van der Waals surface area contributed by atoms with Gasteiger partial charge in [0.15, 0.2) is 0 Å². The molecule has 0 aromatic heterocycles. The van der Waals surface area contributed by atoms with E-state index in [9.17, 15) is 4.39 Å². The van der Waals surface area contributed by atoms with Gasteiger partial charge in [0.1, 0.15) is 18.2 Å². The number of hydrogen-bond acceptors (Lipinski definition) is 7. The van der Waals surface area contributed by atoms with E-state index < -0.39 is 5.82 Å². The van der Waals surface area contributed by atoms with E-state index in [1.54, 1.807) is 33.4 Å². The van der Waals surface area contributed by atoms with Crippen molar-refractivity contribution in [3.63, 3.8) is 0 Å². The molecule has 9 heteroatoms. The van der Waals surface area contributed by atoms with E-state index in [-0.39, 0.29) is 12.0 Å². The highest BCUT2D eigenvalue weighted by atomic mass is 19.1. The molecule has 0 aliphatic heterocycles. The van der Waals surface area contributed by atoms with Crippen LogP contribution in [-0.4, -0.2) is 52.2 Å². The van der Waals surface area contributed by atoms with Crippen molar-refractivity contribution < 1.29 is 23.4 Å². The van der Waals surface area contributed by atoms with Gasteiger partial charge >= 0.3 is 0 Å². The SMILES string of the molecule is C=C(Nc1ccc(NCCC2(OC)CC2)cc1)c1c(F)cc(OCCOC)cc1N=CC.NC=O. The second-order valence-corrected chi connectivity index (χ2v) is 7.91. The van der Waals surface area contributed by atoms with Crippen molar-refractivity contribution in [1.82, 2.24) is 0 Å². The molecule has 1 aliphatic rings. The molecular weight excluding hydrogens is 451 g/mol. The lowest BCUT2D eigenvalue weighted by Gasteiger charge is -2.16. The van der Waals surface area contributed by atoms with Crippen LogP contribution in [0.2, 0.25) is 0 Å². The Morgan fingerprint density at radius 2 is 1.86 bits per heavy atom. The summed E-state index contributed by atoms with van der Waals surface area (Å²) in [4.78, 5) is 12.9. The van der Waals surface area contributed by atoms with E-state index in [0.29, 0.717) is 35.9 Å². The zero-order valence-electron chi connectivity index (χ0n) is 20.6. The number of benzene rings is 2. The lowest BCUT2D eigenvalue weighted by Crippen LogP contribution is -2.16. The summed E-state index contributed by atoms with van der Waals surface area (Å²) in [5, 5.41) is 6.60. The number of nitrogens with zero attached hydrogens (tertiary/aromatic N) is 1. The number of anilines is 2. The van der Waals surface area contributed by atoms with Gasteiger partial charge in [0, 0.05) is 56.2 Å². The zero-order chi connectivity index (χ0) is 25.7. The molecule has 2 aromatic rings. The van der Waals surface area contributed by atoms with Gasteiger partial charge in [0.25, 0.3) is 0 Å². The summed E-state index contributed by atoms with van der Waals surface area (Å²) >= 11 is 0. The van der Waals surface area contributed by atoms with Crippen molar-refractivity contribution in [2.24, 2.45) is 10.7 Å². The fourth-order valence-electron chi connectivity index (χ4n) is 3.47. The Morgan fingerprint density at radius 1 is 1.20 bits per heavy atom. The highest BCUT2D eigenvalue weighted by Gasteiger charge is 2.42. The quantitative estimate of drug-likeness (QED) is 0.215. The van der Waals surface area contributed by atoms with E-state index in [0.717, 1.165) is 37.2 Å². The van der Waals surface area contributed by atoms with Gasteiger partial charge in [-0.15, -0.1) is 0 Å². The minimum Gasteiger partial charge on any atom is -0.491 e. The number of rotatable bonds is 13. The van der Waals surface area contributed by atoms with Crippen molar-refractivity contribution in [3.05, 3.63) is 54.4 Å². The van der Waals surface area contributed by atoms with Crippen molar-refractivity contribution in [2.75, 3.05) is 44.6 Å². The van der Waals surface area contributed by atoms with Gasteiger partial charge < -0.3 is 30.6 Å². The average molecular weight is 487 g/mol. The van der Waals surface area contributed by atoms with Crippen molar-refractivity contribution >= 4 is 35.4 Å². The van der Waals surface area contributed by atoms with E-state index in [1.807, 2.05) is 24.3 Å². The molecule has 1 saturated carbocycles. The van der Waals surface area contributed by atoms with Gasteiger partial charge in [-0.25, -0.2) is 4.39 Å². The van der Waals surface area contributed by atoms with Crippen molar-refractivity contribution in [1.29, 1.82) is 0 Å². The van der Waals surface area contributed by atoms with Gasteiger partial charge in [-0.2, -0.15) is 0 Å². The van der Waals surface area contributed by atoms with Crippen LogP contribution in [0.15, 0.2) is 48.0 Å². The predicted octanol–water partition coefficient (Wildman–Crippen LogP) is 4.74. The largest absolute Gasteiger partial charge is 0.491 e. The Kier molecular flexibility index (Phi) is 11.2. The average Bonchev–Trinajstić information content (AvgIpc) is 3.61. The number of nitrogens with two attached hydrogens (primary N) is 1. The first-order chi connectivity index (χ1) is 16.9. The van der Waals surface area contributed by atoms with Crippen LogP contribution >= 0.6 is 0 Å². The first-order valence-corrected chi connectivity index (χ1v) is 11.4. The molecular formula is C26H35FN4O4. The van der Waals surface area contributed by atoms with Gasteiger partial charge in [-0.1, -0.05) is 6.58 Å². The number of hydrogen-bond donors (Lipinski definition) is 3. The topological polar surface area (TPSA) is 107 Å².